The molecule has 0 radical (unpaired) electrons. The molecule has 220 valence electrons. The Balaban J connectivity index is 0. The number of carboxylic acids is 1. The minimum Gasteiger partial charge on any atom is -0.552 e. The molecule has 2 N–H and O–H groups in total. The number of nitrogens with zero attached hydrogens (tertiary/aromatic N) is 2. The SMILES string of the molecule is CC[C@H](C)[C@@H](C(=O)O)N(C)Cc1ccccc1.CC[C@H](C)[C@@H](CO)N(C)Cc1ccccc1.[AlH3].[CH-]1CCCO1.[Li+]. The third-order valence-electron chi connectivity index (χ3n) is 7.22. The minimum absolute atomic E-state index is 0. The van der Waals surface area contributed by atoms with Gasteiger partial charge in [-0.1, -0.05) is 108 Å². The van der Waals surface area contributed by atoms with Crippen LogP contribution in [0, 0.1) is 18.4 Å². The molecule has 1 saturated heterocycles. The average molecular weight is 565 g/mol. The second-order valence-corrected chi connectivity index (χ2v) is 10.3. The molecule has 1 aliphatic heterocycles. The Hall–Kier alpha value is -1.12. The first-order chi connectivity index (χ1) is 18.2. The van der Waals surface area contributed by atoms with Gasteiger partial charge in [-0.05, 0) is 37.1 Å². The van der Waals surface area contributed by atoms with Crippen molar-refractivity contribution in [1.29, 1.82) is 0 Å². The molecule has 1 aliphatic rings. The fourth-order valence-electron chi connectivity index (χ4n) is 4.49. The number of hydrogen-bond acceptors (Lipinski definition) is 5. The number of carbonyl (C=O) groups is 1. The summed E-state index contributed by atoms with van der Waals surface area (Å²) in [6, 6.07) is 20.2. The van der Waals surface area contributed by atoms with Crippen LogP contribution in [0.1, 0.15) is 64.5 Å². The third-order valence-corrected chi connectivity index (χ3v) is 7.22. The molecule has 40 heavy (non-hydrogen) atoms. The van der Waals surface area contributed by atoms with Crippen molar-refractivity contribution in [3.63, 3.8) is 0 Å². The summed E-state index contributed by atoms with van der Waals surface area (Å²) in [7, 11) is 3.96. The van der Waals surface area contributed by atoms with Crippen molar-refractivity contribution >= 4 is 23.3 Å². The molecule has 0 saturated carbocycles. The first kappa shape index (κ1) is 41.0. The molecule has 0 unspecified atom stereocenters. The summed E-state index contributed by atoms with van der Waals surface area (Å²) in [5, 5.41) is 18.7. The van der Waals surface area contributed by atoms with Gasteiger partial charge >= 0.3 is 24.8 Å². The van der Waals surface area contributed by atoms with Crippen molar-refractivity contribution in [2.45, 2.75) is 78.6 Å². The number of hydrogen-bond donors (Lipinski definition) is 2. The van der Waals surface area contributed by atoms with Crippen molar-refractivity contribution in [2.24, 2.45) is 11.8 Å². The van der Waals surface area contributed by atoms with Crippen molar-refractivity contribution in [2.75, 3.05) is 27.3 Å². The number of aliphatic carboxylic acids is 1. The van der Waals surface area contributed by atoms with E-state index in [0.29, 0.717) is 12.5 Å². The van der Waals surface area contributed by atoms with Gasteiger partial charge in [0.15, 0.2) is 17.4 Å². The van der Waals surface area contributed by atoms with E-state index < -0.39 is 12.0 Å². The van der Waals surface area contributed by atoms with E-state index in [0.717, 1.165) is 38.0 Å². The second kappa shape index (κ2) is 24.5. The van der Waals surface area contributed by atoms with E-state index in [1.165, 1.54) is 12.0 Å². The van der Waals surface area contributed by atoms with Crippen LogP contribution in [0.15, 0.2) is 60.7 Å². The zero-order chi connectivity index (χ0) is 28.3. The maximum Gasteiger partial charge on any atom is 1.00 e. The molecule has 8 heteroatoms. The number of aliphatic hydroxyl groups is 1. The van der Waals surface area contributed by atoms with Gasteiger partial charge in [-0.15, -0.1) is 0 Å². The van der Waals surface area contributed by atoms with E-state index in [2.05, 4.69) is 50.1 Å². The predicted molar refractivity (Wildman–Crippen MR) is 166 cm³/mol. The van der Waals surface area contributed by atoms with Crippen molar-refractivity contribution in [3.05, 3.63) is 78.4 Å². The van der Waals surface area contributed by atoms with Gasteiger partial charge in [-0.2, -0.15) is 6.42 Å². The van der Waals surface area contributed by atoms with E-state index in [1.807, 2.05) is 68.8 Å². The summed E-state index contributed by atoms with van der Waals surface area (Å²) in [6.07, 6.45) is 4.35. The zero-order valence-electron chi connectivity index (χ0n) is 25.4. The summed E-state index contributed by atoms with van der Waals surface area (Å²) >= 11 is 0. The first-order valence-electron chi connectivity index (χ1n) is 14.0. The van der Waals surface area contributed by atoms with Crippen molar-refractivity contribution in [3.8, 4) is 0 Å². The van der Waals surface area contributed by atoms with Crippen LogP contribution in [0.2, 0.25) is 0 Å². The van der Waals surface area contributed by atoms with Crippen molar-refractivity contribution in [1.82, 2.24) is 9.80 Å². The fraction of sp³-hybridized carbons (Fsp3) is 0.562. The summed E-state index contributed by atoms with van der Waals surface area (Å²) < 4.78 is 4.82. The fourth-order valence-corrected chi connectivity index (χ4v) is 4.49. The summed E-state index contributed by atoms with van der Waals surface area (Å²) in [5.74, 6) is -0.0577. The van der Waals surface area contributed by atoms with Gasteiger partial charge in [-0.3, -0.25) is 14.6 Å². The predicted octanol–water partition coefficient (Wildman–Crippen LogP) is 1.92. The number of benzene rings is 2. The van der Waals surface area contributed by atoms with E-state index in [1.54, 1.807) is 0 Å². The van der Waals surface area contributed by atoms with Crippen LogP contribution in [0.25, 0.3) is 0 Å². The van der Waals surface area contributed by atoms with Crippen LogP contribution in [0.4, 0.5) is 0 Å². The van der Waals surface area contributed by atoms with E-state index in [-0.39, 0.29) is 54.8 Å². The summed E-state index contributed by atoms with van der Waals surface area (Å²) in [4.78, 5) is 15.4. The van der Waals surface area contributed by atoms with Crippen LogP contribution >= 0.6 is 0 Å². The van der Waals surface area contributed by atoms with Gasteiger partial charge in [-0.25, -0.2) is 6.61 Å². The molecule has 0 spiro atoms. The number of rotatable bonds is 12. The molecule has 0 amide bonds. The monoisotopic (exact) mass is 564 g/mol. The largest absolute Gasteiger partial charge is 1.00 e. The molecule has 6 nitrogen and oxygen atoms in total. The number of ether oxygens (including phenoxy) is 1. The van der Waals surface area contributed by atoms with Crippen molar-refractivity contribution < 1.29 is 38.6 Å². The third kappa shape index (κ3) is 16.4. The van der Waals surface area contributed by atoms with Crippen LogP contribution in [-0.4, -0.2) is 82.7 Å². The van der Waals surface area contributed by atoms with Gasteiger partial charge in [0, 0.05) is 25.7 Å². The molecular weight excluding hydrogens is 510 g/mol. The van der Waals surface area contributed by atoms with Crippen LogP contribution in [0.3, 0.4) is 0 Å². The summed E-state index contributed by atoms with van der Waals surface area (Å²) in [6.45, 7) is 13.0. The zero-order valence-corrected chi connectivity index (χ0v) is 25.4. The van der Waals surface area contributed by atoms with Gasteiger partial charge in [0.25, 0.3) is 0 Å². The van der Waals surface area contributed by atoms with Crippen LogP contribution in [-0.2, 0) is 22.6 Å². The summed E-state index contributed by atoms with van der Waals surface area (Å²) in [5.41, 5.74) is 2.44. The van der Waals surface area contributed by atoms with E-state index in [4.69, 9.17) is 4.74 Å². The van der Waals surface area contributed by atoms with Gasteiger partial charge < -0.3 is 14.9 Å². The second-order valence-electron chi connectivity index (χ2n) is 10.3. The number of aliphatic hydroxyl groups excluding tert-OH is 1. The van der Waals surface area contributed by atoms with Gasteiger partial charge in [0.1, 0.15) is 6.04 Å². The molecule has 2 aromatic carbocycles. The molecular formula is C32H54AlLiN2O4. The molecule has 3 rings (SSSR count). The standard InChI is InChI=1S/C14H21NO2.C14H23NO.C4H7O.Al.Li.3H/c1-4-11(2)13(14(16)17)15(3)10-12-8-6-5-7-9-12;1-4-12(2)14(11-16)15(3)10-13-8-6-5-7-9-13;1-2-4-5-3-1;;;;;/h5-9,11,13H,4,10H2,1-3H3,(H,16,17);5-9,12,14,16H,4,10-11H2,1-3H3;3H,1-2,4H2;;;;;/q;;-1;;+1;;;/t11-,13-;12-,14+;;;;;;/m00....../s1. The van der Waals surface area contributed by atoms with E-state index >= 15 is 0 Å². The number of likely N-dealkylation sites (N-methyl/N-ethyl adjacent to an activating group) is 2. The molecule has 4 atom stereocenters. The smallest absolute Gasteiger partial charge is 0.552 e. The van der Waals surface area contributed by atoms with Gasteiger partial charge in [0.05, 0.1) is 6.61 Å². The minimum atomic E-state index is -0.738. The average Bonchev–Trinajstić information content (AvgIpc) is 3.51. The number of carboxylic acid groups (broad SMARTS) is 1. The Bertz CT molecular complexity index is 851. The molecule has 0 bridgehead atoms. The maximum absolute atomic E-state index is 11.3. The Morgan fingerprint density at radius 3 is 1.70 bits per heavy atom. The molecule has 1 fully saturated rings. The quantitative estimate of drug-likeness (QED) is 0.303. The Labute approximate surface area is 266 Å². The molecule has 0 aliphatic carbocycles. The van der Waals surface area contributed by atoms with Crippen LogP contribution in [0.5, 0.6) is 0 Å². The molecule has 1 heterocycles. The normalized spacial score (nSPS) is 15.2. The topological polar surface area (TPSA) is 73.2 Å². The Morgan fingerprint density at radius 2 is 1.38 bits per heavy atom. The molecule has 0 aromatic heterocycles. The van der Waals surface area contributed by atoms with Crippen LogP contribution < -0.4 is 18.9 Å². The first-order valence-corrected chi connectivity index (χ1v) is 14.0. The maximum atomic E-state index is 11.3. The Kier molecular flexibility index (Phi) is 25.1. The van der Waals surface area contributed by atoms with E-state index in [9.17, 15) is 15.0 Å². The Morgan fingerprint density at radius 1 is 0.900 bits per heavy atom. The van der Waals surface area contributed by atoms with Gasteiger partial charge in [0.2, 0.25) is 0 Å². The molecule has 2 aromatic rings.